The first-order valence-electron chi connectivity index (χ1n) is 54.7. The van der Waals surface area contributed by atoms with Crippen molar-refractivity contribution in [1.82, 2.24) is 19.9 Å². The monoisotopic (exact) mass is 1820 g/mol. The van der Waals surface area contributed by atoms with Gasteiger partial charge in [0.25, 0.3) is 0 Å². The summed E-state index contributed by atoms with van der Waals surface area (Å²) < 4.78 is 9.86. The maximum atomic E-state index is 5.28. The molecule has 2 aliphatic rings. The van der Waals surface area contributed by atoms with Crippen LogP contribution in [0.1, 0.15) is 638 Å². The Morgan fingerprint density at radius 1 is 0.195 bits per heavy atom. The third-order valence-electron chi connectivity index (χ3n) is 9.75. The van der Waals surface area contributed by atoms with Gasteiger partial charge in [0.05, 0.1) is 36.0 Å². The minimum Gasteiger partial charge on any atom is -0.382 e. The summed E-state index contributed by atoms with van der Waals surface area (Å²) in [6.07, 6.45) is 8.93. The van der Waals surface area contributed by atoms with Gasteiger partial charge in [-0.3, -0.25) is 0 Å². The van der Waals surface area contributed by atoms with Crippen LogP contribution in [0.3, 0.4) is 0 Å². The molecule has 123 heavy (non-hydrogen) atoms. The van der Waals surface area contributed by atoms with Crippen molar-refractivity contribution >= 4 is 44.4 Å². The minimum atomic E-state index is 0. The molecular formula is C116H282CoN4O2. The van der Waals surface area contributed by atoms with Crippen molar-refractivity contribution in [3.8, 4) is 0 Å². The quantitative estimate of drug-likeness (QED) is 0.132. The van der Waals surface area contributed by atoms with Crippen molar-refractivity contribution < 1.29 is 26.3 Å². The van der Waals surface area contributed by atoms with Crippen LogP contribution in [-0.4, -0.2) is 46.9 Å². The largest absolute Gasteiger partial charge is 2.00 e. The summed E-state index contributed by atoms with van der Waals surface area (Å²) in [4.78, 5) is 18.2. The summed E-state index contributed by atoms with van der Waals surface area (Å²) in [6, 6.07) is 9.24. The molecule has 0 saturated heterocycles. The van der Waals surface area contributed by atoms with E-state index < -0.39 is 0 Å². The zero-order valence-electron chi connectivity index (χ0n) is 106. The van der Waals surface area contributed by atoms with E-state index in [1.54, 1.807) is 7.11 Å². The van der Waals surface area contributed by atoms with Gasteiger partial charge in [0.15, 0.2) is 0 Å². The van der Waals surface area contributed by atoms with Crippen LogP contribution < -0.4 is 0 Å². The number of H-pyrrole nitrogens is 2. The fourth-order valence-electron chi connectivity index (χ4n) is 7.49. The third kappa shape index (κ3) is 170. The molecule has 0 saturated carbocycles. The van der Waals surface area contributed by atoms with Gasteiger partial charge in [-0.2, -0.15) is 0 Å². The summed E-state index contributed by atoms with van der Waals surface area (Å²) in [5.41, 5.74) is 20.2. The fourth-order valence-corrected chi connectivity index (χ4v) is 7.49. The van der Waals surface area contributed by atoms with E-state index in [0.29, 0.717) is 6.61 Å². The molecule has 2 aliphatic heterocycles. The summed E-state index contributed by atoms with van der Waals surface area (Å²) in [7, 11) is 1.68. The van der Waals surface area contributed by atoms with E-state index in [1.165, 1.54) is 66.6 Å². The summed E-state index contributed by atoms with van der Waals surface area (Å²) in [6.45, 7) is 166. The first-order chi connectivity index (χ1) is 59.4. The van der Waals surface area contributed by atoms with Crippen molar-refractivity contribution in [2.45, 2.75) is 619 Å². The number of fused-ring (bicyclic) bond motifs is 8. The predicted octanol–water partition coefficient (Wildman–Crippen LogP) is 48.9. The van der Waals surface area contributed by atoms with E-state index >= 15 is 0 Å². The van der Waals surface area contributed by atoms with Crippen molar-refractivity contribution in [2.24, 2.45) is 0 Å². The average molecular weight is 1820 g/mol. The molecule has 0 aliphatic carbocycles. The van der Waals surface area contributed by atoms with Crippen LogP contribution in [0, 0.1) is 14.9 Å². The molecule has 6 nitrogen and oxygen atoms in total. The number of aromatic amines is 2. The standard InChI is InChI=1S/C36H46N4.C6H14O2.36C2H6.2CH3.Co/c1-9-21-22(10-2)30-18-32-25(13-5)26(14-6)34(39-32)20-36-28(16-8)27(15-7)35(40-36)19-33-24(12-4)23(11-3)31(38-33)17-29(21)37-30;1-3-4-8-6-5-7-2;36*1-2;;;/h17-20,37-38H,9-16H2,1-8H3;3-6H2,1-2H3;36*1-2H3;2*1H3;/q;;;;;;;;;;;;;;;;;;;;;;;;;;;;;;;;;;;;;;2*-1;+2. The Bertz CT molecular complexity index is 1680. The zero-order chi connectivity index (χ0) is 107. The molecule has 0 unspecified atom stereocenters. The van der Waals surface area contributed by atoms with Gasteiger partial charge in [-0.25, -0.2) is 9.97 Å². The number of ether oxygens (including phenoxy) is 2. The SMILES string of the molecule is CC.CC.CC.CC.CC.CC.CC.CC.CC.CC.CC.CC.CC.CC.CC.CC.CC.CC.CC.CC.CC.CC.CC.CC.CC.CC.CC.CC.CC.CC.CC.CC.CC.CC.CC.CC.CCC1=C(CC)c2cc3[nH]c(cc4[nH]c(cc5nc(cc1n2)C(CC)=C5CC)c(CC)c4CC)c(CC)c3CC.CCCOCCOC.[CH3-].[CH3-].[Co+2]. The number of nitrogens with one attached hydrogen (secondary N) is 2. The summed E-state index contributed by atoms with van der Waals surface area (Å²) in [5, 5.41) is 0. The number of aromatic nitrogens is 4. The summed E-state index contributed by atoms with van der Waals surface area (Å²) >= 11 is 0. The van der Waals surface area contributed by atoms with Crippen molar-refractivity contribution in [2.75, 3.05) is 26.9 Å². The van der Waals surface area contributed by atoms with E-state index in [2.05, 4.69) is 96.5 Å². The normalized spacial score (nSPS) is 6.81. The van der Waals surface area contributed by atoms with Crippen LogP contribution in [0.4, 0.5) is 0 Å². The predicted molar refractivity (Wildman–Crippen MR) is 628 cm³/mol. The molecule has 0 amide bonds. The second-order valence-electron chi connectivity index (χ2n) is 12.5. The second kappa shape index (κ2) is 369. The number of methoxy groups -OCH3 is 1. The van der Waals surface area contributed by atoms with Gasteiger partial charge in [-0.1, -0.05) is 561 Å². The van der Waals surface area contributed by atoms with Crippen LogP contribution in [0.25, 0.3) is 44.4 Å². The Hall–Kier alpha value is -2.97. The molecule has 7 heteroatoms. The van der Waals surface area contributed by atoms with Gasteiger partial charge in [0, 0.05) is 35.8 Å². The van der Waals surface area contributed by atoms with Crippen LogP contribution >= 0.6 is 0 Å². The van der Waals surface area contributed by atoms with Crippen LogP contribution in [-0.2, 0) is 51.9 Å². The Labute approximate surface area is 815 Å². The smallest absolute Gasteiger partial charge is 0.382 e. The topological polar surface area (TPSA) is 75.8 Å². The van der Waals surface area contributed by atoms with Crippen molar-refractivity contribution in [1.29, 1.82) is 0 Å². The first kappa shape index (κ1) is 241. The number of aryl methyl sites for hydroxylation is 4. The number of rotatable bonds is 13. The van der Waals surface area contributed by atoms with Gasteiger partial charge < -0.3 is 34.3 Å². The van der Waals surface area contributed by atoms with Crippen LogP contribution in [0.5, 0.6) is 0 Å². The Morgan fingerprint density at radius 2 is 0.333 bits per heavy atom. The summed E-state index contributed by atoms with van der Waals surface area (Å²) in [5.74, 6) is 0. The Balaban J connectivity index is -0.0000000227. The number of hydrogen-bond acceptors (Lipinski definition) is 4. The third-order valence-corrected chi connectivity index (χ3v) is 9.75. The molecule has 3 aromatic heterocycles. The molecule has 8 bridgehead atoms. The molecule has 0 aromatic carbocycles. The molecular weight excluding hydrogens is 1540 g/mol. The molecule has 5 heterocycles. The molecule has 5 rings (SSSR count). The van der Waals surface area contributed by atoms with Gasteiger partial charge >= 0.3 is 16.8 Å². The molecule has 0 spiro atoms. The molecule has 3 aromatic rings. The number of allylic oxidation sites excluding steroid dienone is 4. The van der Waals surface area contributed by atoms with Crippen molar-refractivity contribution in [3.63, 3.8) is 0 Å². The molecule has 0 atom stereocenters. The second-order valence-corrected chi connectivity index (χ2v) is 12.5. The molecule has 787 valence electrons. The molecule has 1 radical (unpaired) electrons. The van der Waals surface area contributed by atoms with E-state index in [-0.39, 0.29) is 31.6 Å². The van der Waals surface area contributed by atoms with Crippen LogP contribution in [0.15, 0.2) is 24.3 Å². The first-order valence-corrected chi connectivity index (χ1v) is 54.7. The van der Waals surface area contributed by atoms with Crippen molar-refractivity contribution in [3.05, 3.63) is 84.1 Å². The number of hydrogen-bond donors (Lipinski definition) is 2. The van der Waals surface area contributed by atoms with E-state index in [4.69, 9.17) is 19.4 Å². The Kier molecular flexibility index (Phi) is 723. The van der Waals surface area contributed by atoms with Gasteiger partial charge in [-0.15, -0.1) is 0 Å². The van der Waals surface area contributed by atoms with Crippen LogP contribution in [0.2, 0.25) is 0 Å². The maximum Gasteiger partial charge on any atom is 2.00 e. The maximum absolute atomic E-state index is 5.28. The fraction of sp³-hybridized carbons (Fsp3) is 0.810. The molecule has 0 fully saturated rings. The average Bonchev–Trinajstić information content (AvgIpc) is 1.62. The molecule has 2 N–H and O–H groups in total. The van der Waals surface area contributed by atoms with E-state index in [9.17, 15) is 0 Å². The van der Waals surface area contributed by atoms with Gasteiger partial charge in [0.1, 0.15) is 0 Å². The van der Waals surface area contributed by atoms with E-state index in [1.807, 2.05) is 499 Å². The Morgan fingerprint density at radius 3 is 0.455 bits per heavy atom. The minimum absolute atomic E-state index is 0. The van der Waals surface area contributed by atoms with Gasteiger partial charge in [0.2, 0.25) is 0 Å². The zero-order valence-corrected chi connectivity index (χ0v) is 107. The van der Waals surface area contributed by atoms with E-state index in [0.717, 1.165) is 93.8 Å². The number of nitrogens with zero attached hydrogens (tertiary/aromatic N) is 2. The van der Waals surface area contributed by atoms with Gasteiger partial charge in [-0.05, 0) is 127 Å².